The van der Waals surface area contributed by atoms with Crippen molar-refractivity contribution >= 4 is 0 Å². The predicted octanol–water partition coefficient (Wildman–Crippen LogP) is 5.83. The van der Waals surface area contributed by atoms with Crippen LogP contribution in [0.3, 0.4) is 0 Å². The van der Waals surface area contributed by atoms with Gasteiger partial charge < -0.3 is 0 Å². The van der Waals surface area contributed by atoms with Crippen LogP contribution in [0.5, 0.6) is 0 Å². The van der Waals surface area contributed by atoms with Crippen LogP contribution in [0, 0.1) is 29.1 Å². The second kappa shape index (κ2) is 7.82. The Morgan fingerprint density at radius 2 is 1.91 bits per heavy atom. The molecule has 0 N–H and O–H groups in total. The summed E-state index contributed by atoms with van der Waals surface area (Å²) in [5.74, 6) is 2.79. The van der Waals surface area contributed by atoms with Gasteiger partial charge in [-0.25, -0.2) is 0 Å². The summed E-state index contributed by atoms with van der Waals surface area (Å²) >= 11 is 0. The lowest BCUT2D eigenvalue weighted by molar-refractivity contribution is 0.185. The molecule has 1 nitrogen and oxygen atoms in total. The highest BCUT2D eigenvalue weighted by Gasteiger charge is 2.29. The molecule has 1 aromatic rings. The molecule has 1 aromatic carbocycles. The van der Waals surface area contributed by atoms with E-state index in [1.165, 1.54) is 68.9 Å². The van der Waals surface area contributed by atoms with Gasteiger partial charge in [-0.1, -0.05) is 31.1 Å². The van der Waals surface area contributed by atoms with Crippen molar-refractivity contribution in [3.8, 4) is 6.07 Å². The van der Waals surface area contributed by atoms with Gasteiger partial charge in [0.1, 0.15) is 0 Å². The molecule has 2 aliphatic carbocycles. The molecule has 1 atom stereocenters. The summed E-state index contributed by atoms with van der Waals surface area (Å²) in [7, 11) is 0. The van der Waals surface area contributed by atoms with E-state index >= 15 is 0 Å². The van der Waals surface area contributed by atoms with E-state index in [4.69, 9.17) is 5.26 Å². The predicted molar refractivity (Wildman–Crippen MR) is 96.2 cm³/mol. The highest BCUT2D eigenvalue weighted by atomic mass is 14.3. The van der Waals surface area contributed by atoms with Gasteiger partial charge in [0.25, 0.3) is 0 Å². The number of hydrogen-bond acceptors (Lipinski definition) is 1. The number of nitrogens with zero attached hydrogens (tertiary/aromatic N) is 1. The number of benzene rings is 1. The van der Waals surface area contributed by atoms with E-state index in [9.17, 15) is 0 Å². The normalized spacial score (nSPS) is 27.6. The zero-order valence-corrected chi connectivity index (χ0v) is 14.4. The van der Waals surface area contributed by atoms with Gasteiger partial charge in [-0.3, -0.25) is 0 Å². The van der Waals surface area contributed by atoms with Crippen molar-refractivity contribution in [2.24, 2.45) is 17.8 Å². The second-order valence-electron chi connectivity index (χ2n) is 7.53. The smallest absolute Gasteiger partial charge is 0.0991 e. The summed E-state index contributed by atoms with van der Waals surface area (Å²) in [6, 6.07) is 8.60. The van der Waals surface area contributed by atoms with Gasteiger partial charge in [0.2, 0.25) is 0 Å². The highest BCUT2D eigenvalue weighted by Crippen LogP contribution is 2.40. The van der Waals surface area contributed by atoms with Gasteiger partial charge in [-0.2, -0.15) is 5.26 Å². The van der Waals surface area contributed by atoms with E-state index in [0.717, 1.165) is 23.3 Å². The topological polar surface area (TPSA) is 23.8 Å². The summed E-state index contributed by atoms with van der Waals surface area (Å²) in [5, 5.41) is 9.04. The third-order valence-corrected chi connectivity index (χ3v) is 6.14. The van der Waals surface area contributed by atoms with E-state index in [1.807, 2.05) is 6.07 Å². The summed E-state index contributed by atoms with van der Waals surface area (Å²) in [6.45, 7) is 2.12. The molecule has 0 radical (unpaired) electrons. The van der Waals surface area contributed by atoms with Crippen LogP contribution in [0.25, 0.3) is 0 Å². The Morgan fingerprint density at radius 1 is 1.09 bits per heavy atom. The molecule has 0 spiro atoms. The van der Waals surface area contributed by atoms with Gasteiger partial charge in [0.15, 0.2) is 0 Å². The molecule has 0 aliphatic heterocycles. The highest BCUT2D eigenvalue weighted by molar-refractivity contribution is 5.39. The first-order valence-electron chi connectivity index (χ1n) is 9.43. The minimum atomic E-state index is 0.823. The van der Waals surface area contributed by atoms with Crippen LogP contribution < -0.4 is 0 Å². The number of fused-ring (bicyclic) bond motifs is 1. The monoisotopic (exact) mass is 307 g/mol. The fourth-order valence-corrected chi connectivity index (χ4v) is 4.70. The Bertz CT molecular complexity index is 584. The molecule has 0 bridgehead atoms. The summed E-state index contributed by atoms with van der Waals surface area (Å²) in [5.41, 5.74) is 3.76. The number of aryl methyl sites for hydroxylation is 1. The van der Waals surface area contributed by atoms with Crippen molar-refractivity contribution in [3.63, 3.8) is 0 Å². The van der Waals surface area contributed by atoms with E-state index in [0.29, 0.717) is 0 Å². The largest absolute Gasteiger partial charge is 0.192 e. The quantitative estimate of drug-likeness (QED) is 0.642. The molecule has 1 fully saturated rings. The molecule has 1 heteroatoms. The number of nitriles is 1. The lowest BCUT2D eigenvalue weighted by Crippen LogP contribution is -2.26. The Kier molecular flexibility index (Phi) is 5.55. The minimum Gasteiger partial charge on any atom is -0.192 e. The van der Waals surface area contributed by atoms with Gasteiger partial charge in [-0.15, -0.1) is 0 Å². The van der Waals surface area contributed by atoms with Crippen LogP contribution in [0.4, 0.5) is 0 Å². The first kappa shape index (κ1) is 16.3. The average Bonchev–Trinajstić information content (AvgIpc) is 2.61. The molecule has 0 heterocycles. The zero-order chi connectivity index (χ0) is 16.1. The molecule has 2 aliphatic rings. The molecular formula is C22H29N. The third-order valence-electron chi connectivity index (χ3n) is 6.14. The van der Waals surface area contributed by atoms with E-state index in [1.54, 1.807) is 0 Å². The first-order valence-corrected chi connectivity index (χ1v) is 9.43. The Hall–Kier alpha value is -1.55. The fourth-order valence-electron chi connectivity index (χ4n) is 4.70. The summed E-state index contributed by atoms with van der Waals surface area (Å²) in [6.07, 6.45) is 16.7. The molecule has 1 saturated carbocycles. The molecule has 0 amide bonds. The molecule has 122 valence electrons. The summed E-state index contributed by atoms with van der Waals surface area (Å²) < 4.78 is 0. The van der Waals surface area contributed by atoms with Crippen LogP contribution in [0.2, 0.25) is 0 Å². The van der Waals surface area contributed by atoms with Crippen molar-refractivity contribution in [2.45, 2.75) is 64.7 Å². The lowest BCUT2D eigenvalue weighted by atomic mass is 9.69. The van der Waals surface area contributed by atoms with Crippen LogP contribution in [-0.4, -0.2) is 0 Å². The molecule has 0 saturated heterocycles. The van der Waals surface area contributed by atoms with Crippen molar-refractivity contribution < 1.29 is 0 Å². The van der Waals surface area contributed by atoms with Crippen LogP contribution in [0.1, 0.15) is 68.6 Å². The fraction of sp³-hybridized carbons (Fsp3) is 0.591. The maximum atomic E-state index is 9.04. The molecule has 23 heavy (non-hydrogen) atoms. The van der Waals surface area contributed by atoms with Gasteiger partial charge >= 0.3 is 0 Å². The third kappa shape index (κ3) is 4.05. The standard InChI is InChI=1S/C22H29N/c1-2-3-4-5-17-6-9-19(10-7-17)21-13-12-20-14-18(16-23)8-11-22(20)15-21/h2-3,8,11,14,17,19,21H,4-7,9-10,12-13,15H2,1H3/b3-2+. The summed E-state index contributed by atoms with van der Waals surface area (Å²) in [4.78, 5) is 0. The Labute approximate surface area is 141 Å². The molecular weight excluding hydrogens is 278 g/mol. The Balaban J connectivity index is 1.53. The van der Waals surface area contributed by atoms with E-state index in [-0.39, 0.29) is 0 Å². The number of hydrogen-bond donors (Lipinski definition) is 0. The van der Waals surface area contributed by atoms with Crippen LogP contribution >= 0.6 is 0 Å². The van der Waals surface area contributed by atoms with Crippen LogP contribution in [-0.2, 0) is 12.8 Å². The zero-order valence-electron chi connectivity index (χ0n) is 14.4. The van der Waals surface area contributed by atoms with Gasteiger partial charge in [0.05, 0.1) is 11.6 Å². The average molecular weight is 307 g/mol. The van der Waals surface area contributed by atoms with Crippen molar-refractivity contribution in [3.05, 3.63) is 47.0 Å². The number of rotatable bonds is 4. The molecule has 1 unspecified atom stereocenters. The van der Waals surface area contributed by atoms with E-state index in [2.05, 4.69) is 37.3 Å². The number of allylic oxidation sites excluding steroid dienone is 2. The minimum absolute atomic E-state index is 0.823. The SMILES string of the molecule is C/C=C/CCC1CCC(C2CCc3cc(C#N)ccc3C2)CC1. The molecule has 3 rings (SSSR count). The maximum absolute atomic E-state index is 9.04. The molecule has 0 aromatic heterocycles. The lowest BCUT2D eigenvalue weighted by Gasteiger charge is -2.36. The van der Waals surface area contributed by atoms with Crippen molar-refractivity contribution in [1.29, 1.82) is 5.26 Å². The van der Waals surface area contributed by atoms with Crippen molar-refractivity contribution in [1.82, 2.24) is 0 Å². The Morgan fingerprint density at radius 3 is 2.65 bits per heavy atom. The van der Waals surface area contributed by atoms with Gasteiger partial charge in [0, 0.05) is 0 Å². The van der Waals surface area contributed by atoms with Gasteiger partial charge in [-0.05, 0) is 92.9 Å². The van der Waals surface area contributed by atoms with Crippen molar-refractivity contribution in [2.75, 3.05) is 0 Å². The van der Waals surface area contributed by atoms with E-state index < -0.39 is 0 Å². The first-order chi connectivity index (χ1) is 11.3. The second-order valence-corrected chi connectivity index (χ2v) is 7.53. The van der Waals surface area contributed by atoms with Crippen LogP contribution in [0.15, 0.2) is 30.4 Å². The maximum Gasteiger partial charge on any atom is 0.0991 e.